The molecule has 0 unspecified atom stereocenters. The number of nitrogens with one attached hydrogen (secondary N) is 1. The highest BCUT2D eigenvalue weighted by atomic mass is 16.3. The number of hydrogen-bond acceptors (Lipinski definition) is 2. The molecule has 0 atom stereocenters. The molecule has 0 aliphatic heterocycles. The minimum atomic E-state index is 0.170. The number of aromatic nitrogens is 1. The fourth-order valence-corrected chi connectivity index (χ4v) is 1.56. The summed E-state index contributed by atoms with van der Waals surface area (Å²) in [5.74, 6) is 0.374. The molecule has 0 aliphatic carbocycles. The SMILES string of the molecule is Cc1[nH]c2c(O)ccc(O)c2c1C. The minimum Gasteiger partial charge on any atom is -0.507 e. The van der Waals surface area contributed by atoms with Gasteiger partial charge in [-0.1, -0.05) is 0 Å². The number of rotatable bonds is 0. The van der Waals surface area contributed by atoms with Crippen molar-refractivity contribution in [3.63, 3.8) is 0 Å². The molecule has 3 nitrogen and oxygen atoms in total. The van der Waals surface area contributed by atoms with Gasteiger partial charge in [0.2, 0.25) is 0 Å². The van der Waals surface area contributed by atoms with Crippen LogP contribution in [0.4, 0.5) is 0 Å². The van der Waals surface area contributed by atoms with Crippen LogP contribution in [-0.4, -0.2) is 15.2 Å². The van der Waals surface area contributed by atoms with E-state index in [4.69, 9.17) is 0 Å². The van der Waals surface area contributed by atoms with Crippen molar-refractivity contribution in [2.45, 2.75) is 13.8 Å². The largest absolute Gasteiger partial charge is 0.507 e. The first kappa shape index (κ1) is 7.98. The zero-order valence-electron chi connectivity index (χ0n) is 7.55. The molecular weight excluding hydrogens is 166 g/mol. The summed E-state index contributed by atoms with van der Waals surface area (Å²) in [5, 5.41) is 19.8. The highest BCUT2D eigenvalue weighted by Gasteiger charge is 2.11. The topological polar surface area (TPSA) is 56.2 Å². The van der Waals surface area contributed by atoms with E-state index in [-0.39, 0.29) is 11.5 Å². The van der Waals surface area contributed by atoms with E-state index in [1.807, 2.05) is 13.8 Å². The lowest BCUT2D eigenvalue weighted by Gasteiger charge is -1.98. The third-order valence-electron chi connectivity index (χ3n) is 2.41. The molecule has 1 aromatic carbocycles. The Balaban J connectivity index is 3.00. The van der Waals surface area contributed by atoms with Crippen LogP contribution in [-0.2, 0) is 0 Å². The van der Waals surface area contributed by atoms with Crippen molar-refractivity contribution >= 4 is 10.9 Å². The van der Waals surface area contributed by atoms with Crippen LogP contribution in [0.1, 0.15) is 11.3 Å². The molecule has 0 fully saturated rings. The van der Waals surface area contributed by atoms with Crippen molar-refractivity contribution in [1.82, 2.24) is 4.98 Å². The van der Waals surface area contributed by atoms with Gasteiger partial charge in [0, 0.05) is 11.1 Å². The summed E-state index contributed by atoms with van der Waals surface area (Å²) in [5.41, 5.74) is 2.55. The van der Waals surface area contributed by atoms with Crippen LogP contribution in [0.25, 0.3) is 10.9 Å². The fraction of sp³-hybridized carbons (Fsp3) is 0.200. The van der Waals surface area contributed by atoms with Crippen LogP contribution < -0.4 is 0 Å². The van der Waals surface area contributed by atoms with Crippen molar-refractivity contribution in [1.29, 1.82) is 0 Å². The van der Waals surface area contributed by atoms with Crippen LogP contribution in [0, 0.1) is 13.8 Å². The van der Waals surface area contributed by atoms with Gasteiger partial charge in [-0.15, -0.1) is 0 Å². The molecule has 2 aromatic rings. The standard InChI is InChI=1S/C10H11NO2/c1-5-6(2)11-10-8(13)4-3-7(12)9(5)10/h3-4,11-13H,1-2H3. The molecule has 0 spiro atoms. The lowest BCUT2D eigenvalue weighted by Crippen LogP contribution is -1.73. The van der Waals surface area contributed by atoms with Gasteiger partial charge in [0.05, 0.1) is 5.52 Å². The highest BCUT2D eigenvalue weighted by molar-refractivity contribution is 5.93. The van der Waals surface area contributed by atoms with E-state index in [1.165, 1.54) is 12.1 Å². The van der Waals surface area contributed by atoms with Crippen LogP contribution in [0.3, 0.4) is 0 Å². The molecule has 68 valence electrons. The van der Waals surface area contributed by atoms with Gasteiger partial charge >= 0.3 is 0 Å². The van der Waals surface area contributed by atoms with Gasteiger partial charge in [0.1, 0.15) is 11.5 Å². The van der Waals surface area contributed by atoms with Gasteiger partial charge in [-0.3, -0.25) is 0 Å². The lowest BCUT2D eigenvalue weighted by molar-refractivity contribution is 0.469. The third-order valence-corrected chi connectivity index (χ3v) is 2.41. The number of fused-ring (bicyclic) bond motifs is 1. The average molecular weight is 177 g/mol. The predicted octanol–water partition coefficient (Wildman–Crippen LogP) is 2.20. The molecular formula is C10H11NO2. The Hall–Kier alpha value is -1.64. The van der Waals surface area contributed by atoms with Crippen LogP contribution in [0.5, 0.6) is 11.5 Å². The molecule has 0 radical (unpaired) electrons. The second kappa shape index (κ2) is 2.42. The number of aromatic amines is 1. The van der Waals surface area contributed by atoms with Gasteiger partial charge in [-0.25, -0.2) is 0 Å². The zero-order chi connectivity index (χ0) is 9.59. The molecule has 1 aromatic heterocycles. The first-order chi connectivity index (χ1) is 6.11. The van der Waals surface area contributed by atoms with Gasteiger partial charge in [0.25, 0.3) is 0 Å². The first-order valence-electron chi connectivity index (χ1n) is 4.11. The number of aromatic hydroxyl groups is 2. The predicted molar refractivity (Wildman–Crippen MR) is 51.1 cm³/mol. The second-order valence-corrected chi connectivity index (χ2v) is 3.23. The van der Waals surface area contributed by atoms with E-state index in [1.54, 1.807) is 0 Å². The molecule has 0 bridgehead atoms. The first-order valence-corrected chi connectivity index (χ1v) is 4.11. The normalized spacial score (nSPS) is 10.9. The van der Waals surface area contributed by atoms with Crippen LogP contribution >= 0.6 is 0 Å². The maximum absolute atomic E-state index is 9.56. The summed E-state index contributed by atoms with van der Waals surface area (Å²) in [7, 11) is 0. The average Bonchev–Trinajstić information content (AvgIpc) is 2.38. The maximum Gasteiger partial charge on any atom is 0.139 e. The van der Waals surface area contributed by atoms with Gasteiger partial charge in [-0.05, 0) is 31.5 Å². The van der Waals surface area contributed by atoms with Crippen molar-refractivity contribution in [2.75, 3.05) is 0 Å². The summed E-state index contributed by atoms with van der Waals surface area (Å²) < 4.78 is 0. The Kier molecular flexibility index (Phi) is 1.49. The van der Waals surface area contributed by atoms with Crippen molar-refractivity contribution in [3.8, 4) is 11.5 Å². The van der Waals surface area contributed by atoms with E-state index < -0.39 is 0 Å². The molecule has 0 saturated heterocycles. The second-order valence-electron chi connectivity index (χ2n) is 3.23. The summed E-state index contributed by atoms with van der Waals surface area (Å²) in [4.78, 5) is 3.03. The Morgan fingerprint density at radius 3 is 2.31 bits per heavy atom. The number of phenolic OH excluding ortho intramolecular Hbond substituents is 2. The van der Waals surface area contributed by atoms with Crippen LogP contribution in [0.2, 0.25) is 0 Å². The summed E-state index contributed by atoms with van der Waals surface area (Å²) in [6.45, 7) is 3.82. The van der Waals surface area contributed by atoms with Crippen LogP contribution in [0.15, 0.2) is 12.1 Å². The molecule has 2 rings (SSSR count). The van der Waals surface area contributed by atoms with Gasteiger partial charge < -0.3 is 15.2 Å². The third kappa shape index (κ3) is 0.967. The van der Waals surface area contributed by atoms with Crippen molar-refractivity contribution in [3.05, 3.63) is 23.4 Å². The molecule has 0 aliphatic rings. The van der Waals surface area contributed by atoms with Gasteiger partial charge in [-0.2, -0.15) is 0 Å². The summed E-state index contributed by atoms with van der Waals surface area (Å²) in [6.07, 6.45) is 0. The number of H-pyrrole nitrogens is 1. The Morgan fingerprint density at radius 1 is 1.08 bits per heavy atom. The highest BCUT2D eigenvalue weighted by Crippen LogP contribution is 2.34. The van der Waals surface area contributed by atoms with E-state index in [0.717, 1.165) is 11.3 Å². The Bertz CT molecular complexity index is 471. The smallest absolute Gasteiger partial charge is 0.139 e. The molecule has 3 heteroatoms. The number of aryl methyl sites for hydroxylation is 2. The number of phenols is 2. The fourth-order valence-electron chi connectivity index (χ4n) is 1.56. The van der Waals surface area contributed by atoms with E-state index in [9.17, 15) is 10.2 Å². The number of hydrogen-bond donors (Lipinski definition) is 3. The molecule has 0 saturated carbocycles. The van der Waals surface area contributed by atoms with Gasteiger partial charge in [0.15, 0.2) is 0 Å². The number of benzene rings is 1. The molecule has 3 N–H and O–H groups in total. The zero-order valence-corrected chi connectivity index (χ0v) is 7.55. The Labute approximate surface area is 75.6 Å². The summed E-state index contributed by atoms with van der Waals surface area (Å²) >= 11 is 0. The molecule has 0 amide bonds. The van der Waals surface area contributed by atoms with E-state index in [2.05, 4.69) is 4.98 Å². The molecule has 13 heavy (non-hydrogen) atoms. The maximum atomic E-state index is 9.56. The monoisotopic (exact) mass is 177 g/mol. The van der Waals surface area contributed by atoms with E-state index >= 15 is 0 Å². The quantitative estimate of drug-likeness (QED) is 0.540. The Morgan fingerprint density at radius 2 is 1.69 bits per heavy atom. The lowest BCUT2D eigenvalue weighted by atomic mass is 10.1. The van der Waals surface area contributed by atoms with Crippen molar-refractivity contribution < 1.29 is 10.2 Å². The van der Waals surface area contributed by atoms with E-state index in [0.29, 0.717) is 10.9 Å². The molecule has 1 heterocycles. The summed E-state index contributed by atoms with van der Waals surface area (Å²) in [6, 6.07) is 2.98. The van der Waals surface area contributed by atoms with Crippen molar-refractivity contribution in [2.24, 2.45) is 0 Å². The minimum absolute atomic E-state index is 0.170.